The number of ether oxygens (including phenoxy) is 1. The molecule has 2 aromatic rings. The molecule has 0 spiro atoms. The maximum absolute atomic E-state index is 12.6. The molecule has 2 atom stereocenters. The van der Waals surface area contributed by atoms with Crippen molar-refractivity contribution < 1.29 is 18.3 Å². The van der Waals surface area contributed by atoms with Crippen molar-refractivity contribution >= 4 is 26.5 Å². The van der Waals surface area contributed by atoms with Gasteiger partial charge in [-0.2, -0.15) is 0 Å². The lowest BCUT2D eigenvalue weighted by Gasteiger charge is -2.13. The first-order chi connectivity index (χ1) is 14.8. The van der Waals surface area contributed by atoms with Gasteiger partial charge in [-0.3, -0.25) is 4.72 Å². The zero-order chi connectivity index (χ0) is 22.7. The average molecular weight is 470 g/mol. The Morgan fingerprint density at radius 3 is 2.23 bits per heavy atom. The Morgan fingerprint density at radius 2 is 1.61 bits per heavy atom. The van der Waals surface area contributed by atoms with Crippen LogP contribution < -0.4 is 9.46 Å². The second kappa shape index (κ2) is 13.0. The quantitative estimate of drug-likeness (QED) is 0.257. The summed E-state index contributed by atoms with van der Waals surface area (Å²) in [4.78, 5) is 0.170. The van der Waals surface area contributed by atoms with Gasteiger partial charge in [-0.25, -0.2) is 8.42 Å². The molecule has 2 N–H and O–H groups in total. The van der Waals surface area contributed by atoms with Gasteiger partial charge in [0.25, 0.3) is 15.2 Å². The zero-order valence-electron chi connectivity index (χ0n) is 18.7. The highest BCUT2D eigenvalue weighted by Crippen LogP contribution is 2.27. The van der Waals surface area contributed by atoms with E-state index in [1.807, 2.05) is 12.1 Å². The van der Waals surface area contributed by atoms with Crippen molar-refractivity contribution in [3.63, 3.8) is 0 Å². The molecule has 0 aliphatic rings. The van der Waals surface area contributed by atoms with E-state index in [1.54, 1.807) is 12.1 Å². The Morgan fingerprint density at radius 1 is 1.00 bits per heavy atom. The van der Waals surface area contributed by atoms with Crippen LogP contribution in [0.2, 0.25) is 0 Å². The Labute approximate surface area is 190 Å². The Hall–Kier alpha value is -1.71. The minimum absolute atomic E-state index is 0.0859. The molecular weight excluding hydrogens is 434 g/mol. The molecule has 0 aliphatic carbocycles. The van der Waals surface area contributed by atoms with Crippen LogP contribution in [-0.2, 0) is 10.0 Å². The van der Waals surface area contributed by atoms with Crippen LogP contribution in [0.3, 0.4) is 0 Å². The predicted octanol–water partition coefficient (Wildman–Crippen LogP) is 5.69. The fraction of sp³-hybridized carbons (Fsp3) is 0.636. The van der Waals surface area contributed by atoms with E-state index >= 15 is 0 Å². The molecule has 0 aliphatic heterocycles. The third kappa shape index (κ3) is 9.13. The maximum Gasteiger partial charge on any atom is 0.298 e. The van der Waals surface area contributed by atoms with Gasteiger partial charge in [-0.05, 0) is 48.3 Å². The van der Waals surface area contributed by atoms with Crippen molar-refractivity contribution in [2.75, 3.05) is 4.72 Å². The van der Waals surface area contributed by atoms with Crippen molar-refractivity contribution in [2.24, 2.45) is 0 Å². The number of unbranched alkanes of at least 4 members (excludes halogenated alkanes) is 7. The normalized spacial score (nSPS) is 13.7. The van der Waals surface area contributed by atoms with E-state index in [0.29, 0.717) is 5.92 Å². The Kier molecular flexibility index (Phi) is 10.7. The molecule has 2 rings (SSSR count). The summed E-state index contributed by atoms with van der Waals surface area (Å²) in [6.45, 7) is 5.86. The molecule has 1 heterocycles. The molecule has 2 unspecified atom stereocenters. The van der Waals surface area contributed by atoms with E-state index in [0.717, 1.165) is 23.3 Å². The van der Waals surface area contributed by atoms with Gasteiger partial charge in [0.05, 0.1) is 4.90 Å². The SMILES string of the molecule is CCCCCCCCCCC(C)c1ccc(S(=O)(=O)Nc2nnc(OC(C)O)s2)cc1. The number of nitrogens with zero attached hydrogens (tertiary/aromatic N) is 2. The predicted molar refractivity (Wildman–Crippen MR) is 125 cm³/mol. The number of nitrogens with one attached hydrogen (secondary N) is 1. The maximum atomic E-state index is 12.6. The van der Waals surface area contributed by atoms with Crippen molar-refractivity contribution in [1.29, 1.82) is 0 Å². The van der Waals surface area contributed by atoms with E-state index in [-0.39, 0.29) is 15.2 Å². The summed E-state index contributed by atoms with van der Waals surface area (Å²) >= 11 is 0.914. The molecular formula is C22H35N3O4S2. The fourth-order valence-electron chi connectivity index (χ4n) is 3.34. The van der Waals surface area contributed by atoms with Crippen molar-refractivity contribution in [3.8, 4) is 5.19 Å². The van der Waals surface area contributed by atoms with E-state index in [1.165, 1.54) is 58.3 Å². The summed E-state index contributed by atoms with van der Waals surface area (Å²) in [6.07, 6.45) is 10.5. The molecule has 0 amide bonds. The molecule has 9 heteroatoms. The van der Waals surface area contributed by atoms with E-state index in [4.69, 9.17) is 4.74 Å². The Bertz CT molecular complexity index is 867. The lowest BCUT2D eigenvalue weighted by Crippen LogP contribution is -2.13. The van der Waals surface area contributed by atoms with Crippen LogP contribution in [0.5, 0.6) is 5.19 Å². The highest BCUT2D eigenvalue weighted by atomic mass is 32.2. The first-order valence-corrected chi connectivity index (χ1v) is 13.4. The summed E-state index contributed by atoms with van der Waals surface area (Å²) in [5.41, 5.74) is 1.14. The molecule has 31 heavy (non-hydrogen) atoms. The van der Waals surface area contributed by atoms with Crippen LogP contribution in [0.4, 0.5) is 5.13 Å². The standard InChI is InChI=1S/C22H35N3O4S2/c1-4-5-6-7-8-9-10-11-12-17(2)19-13-15-20(16-14-19)31(27,28)25-21-23-24-22(30-21)29-18(3)26/h13-18,26H,4-12H2,1-3H3,(H,23,25). The van der Waals surface area contributed by atoms with Crippen LogP contribution in [0.25, 0.3) is 0 Å². The second-order valence-corrected chi connectivity index (χ2v) is 10.6. The molecule has 7 nitrogen and oxygen atoms in total. The van der Waals surface area contributed by atoms with Gasteiger partial charge < -0.3 is 9.84 Å². The number of aromatic nitrogens is 2. The minimum atomic E-state index is -3.77. The zero-order valence-corrected chi connectivity index (χ0v) is 20.3. The van der Waals surface area contributed by atoms with Crippen molar-refractivity contribution in [3.05, 3.63) is 29.8 Å². The smallest absolute Gasteiger partial charge is 0.298 e. The summed E-state index contributed by atoms with van der Waals surface area (Å²) < 4.78 is 32.6. The average Bonchev–Trinajstić information content (AvgIpc) is 3.15. The van der Waals surface area contributed by atoms with Gasteiger partial charge >= 0.3 is 0 Å². The minimum Gasteiger partial charge on any atom is -0.439 e. The fourth-order valence-corrected chi connectivity index (χ4v) is 5.24. The van der Waals surface area contributed by atoms with Crippen LogP contribution in [0.1, 0.15) is 90.0 Å². The monoisotopic (exact) mass is 469 g/mol. The first kappa shape index (κ1) is 25.5. The number of anilines is 1. The van der Waals surface area contributed by atoms with Gasteiger partial charge in [0, 0.05) is 0 Å². The number of sulfonamides is 1. The first-order valence-electron chi connectivity index (χ1n) is 11.1. The second-order valence-electron chi connectivity index (χ2n) is 7.93. The molecule has 0 fully saturated rings. The van der Waals surface area contributed by atoms with E-state index in [9.17, 15) is 13.5 Å². The van der Waals surface area contributed by atoms with E-state index in [2.05, 4.69) is 28.8 Å². The molecule has 0 radical (unpaired) electrons. The van der Waals surface area contributed by atoms with Crippen LogP contribution in [-0.4, -0.2) is 30.0 Å². The number of benzene rings is 1. The lowest BCUT2D eigenvalue weighted by molar-refractivity contribution is -0.000942. The van der Waals surface area contributed by atoms with Gasteiger partial charge in [0.15, 0.2) is 6.29 Å². The van der Waals surface area contributed by atoms with Crippen LogP contribution in [0, 0.1) is 0 Å². The Balaban J connectivity index is 1.81. The molecule has 0 saturated carbocycles. The number of rotatable bonds is 15. The van der Waals surface area contributed by atoms with Crippen LogP contribution >= 0.6 is 11.3 Å². The molecule has 0 saturated heterocycles. The summed E-state index contributed by atoms with van der Waals surface area (Å²) in [6, 6.07) is 7.00. The van der Waals surface area contributed by atoms with E-state index < -0.39 is 16.3 Å². The summed E-state index contributed by atoms with van der Waals surface area (Å²) in [7, 11) is -3.77. The van der Waals surface area contributed by atoms with Crippen molar-refractivity contribution in [1.82, 2.24) is 10.2 Å². The van der Waals surface area contributed by atoms with Crippen LogP contribution in [0.15, 0.2) is 29.2 Å². The number of hydrogen-bond acceptors (Lipinski definition) is 7. The number of hydrogen-bond donors (Lipinski definition) is 2. The summed E-state index contributed by atoms with van der Waals surface area (Å²) in [5, 5.41) is 16.8. The summed E-state index contributed by atoms with van der Waals surface area (Å²) in [5.74, 6) is 0.396. The number of aliphatic hydroxyl groups is 1. The molecule has 1 aromatic heterocycles. The highest BCUT2D eigenvalue weighted by molar-refractivity contribution is 7.93. The van der Waals surface area contributed by atoms with Gasteiger partial charge in [-0.15, -0.1) is 5.10 Å². The topological polar surface area (TPSA) is 101 Å². The molecule has 174 valence electrons. The lowest BCUT2D eigenvalue weighted by atomic mass is 9.95. The van der Waals surface area contributed by atoms with Gasteiger partial charge in [0.2, 0.25) is 5.13 Å². The molecule has 0 bridgehead atoms. The third-order valence-corrected chi connectivity index (χ3v) is 7.36. The third-order valence-electron chi connectivity index (χ3n) is 5.15. The molecule has 1 aromatic carbocycles. The van der Waals surface area contributed by atoms with Gasteiger partial charge in [0.1, 0.15) is 0 Å². The van der Waals surface area contributed by atoms with Crippen molar-refractivity contribution in [2.45, 2.75) is 95.7 Å². The van der Waals surface area contributed by atoms with Gasteiger partial charge in [-0.1, -0.05) is 82.4 Å². The highest BCUT2D eigenvalue weighted by Gasteiger charge is 2.18. The number of aliphatic hydroxyl groups excluding tert-OH is 1. The largest absolute Gasteiger partial charge is 0.439 e.